The van der Waals surface area contributed by atoms with Crippen LogP contribution < -0.4 is 10.3 Å². The topological polar surface area (TPSA) is 153 Å². The normalized spacial score (nSPS) is 15.8. The molecule has 2 N–H and O–H groups in total. The zero-order valence-corrected chi connectivity index (χ0v) is 23.9. The number of fused-ring (bicyclic) bond motifs is 1. The Bertz CT molecular complexity index is 1520. The van der Waals surface area contributed by atoms with E-state index in [1.54, 1.807) is 17.7 Å². The number of sulfonamides is 1. The fourth-order valence-corrected chi connectivity index (χ4v) is 6.59. The van der Waals surface area contributed by atoms with E-state index in [1.807, 2.05) is 13.1 Å². The maximum Gasteiger partial charge on any atom is 0.275 e. The number of rotatable bonds is 12. The van der Waals surface area contributed by atoms with Crippen molar-refractivity contribution in [2.75, 3.05) is 26.3 Å². The molecule has 0 aliphatic carbocycles. The Kier molecular flexibility index (Phi) is 9.16. The van der Waals surface area contributed by atoms with Crippen molar-refractivity contribution < 1.29 is 28.0 Å². The molecule has 4 rings (SSSR count). The molecule has 12 nitrogen and oxygen atoms in total. The van der Waals surface area contributed by atoms with Gasteiger partial charge in [0, 0.05) is 31.2 Å². The SMILES string of the molecule is C=[N+]([O-])OC[C@H](O)C1CCN(S(=O)(=O)c2ccc(OCCC)c(-c3nc4c(CCC)cn(C)c4c(=O)[nH]3)c2)CC1. The molecule has 1 aromatic carbocycles. The molecule has 1 aliphatic heterocycles. The summed E-state index contributed by atoms with van der Waals surface area (Å²) in [6.07, 6.45) is 4.19. The van der Waals surface area contributed by atoms with Crippen LogP contribution in [0.3, 0.4) is 0 Å². The van der Waals surface area contributed by atoms with Crippen molar-refractivity contribution in [2.24, 2.45) is 13.0 Å². The van der Waals surface area contributed by atoms with Crippen LogP contribution in [-0.2, 0) is 28.3 Å². The number of piperidine rings is 1. The molecule has 1 aliphatic rings. The molecule has 3 heterocycles. The minimum absolute atomic E-state index is 0.0382. The van der Waals surface area contributed by atoms with Gasteiger partial charge < -0.3 is 24.2 Å². The lowest BCUT2D eigenvalue weighted by Crippen LogP contribution is -2.42. The standard InChI is InChI=1S/C27H37N5O7S/c1-5-7-19-16-30(3)25-24(19)28-26(29-27(25)34)21-15-20(8-9-23(21)38-14-6-2)40(36,37)32-12-10-18(11-13-32)22(33)17-39-31(4)35/h8-9,15-16,18,22,33H,4-7,10-14,17H2,1-3H3,(H,28,29,34)/t22-/m0/s1. The van der Waals surface area contributed by atoms with Crippen LogP contribution in [0, 0.1) is 11.1 Å². The third-order valence-corrected chi connectivity index (χ3v) is 9.05. The van der Waals surface area contributed by atoms with E-state index in [0.717, 1.165) is 24.8 Å². The quantitative estimate of drug-likeness (QED) is 0.190. The highest BCUT2D eigenvalue weighted by Crippen LogP contribution is 2.34. The summed E-state index contributed by atoms with van der Waals surface area (Å²) in [5.74, 6) is 0.454. The Morgan fingerprint density at radius 3 is 2.65 bits per heavy atom. The van der Waals surface area contributed by atoms with Crippen LogP contribution in [0.15, 0.2) is 34.1 Å². The van der Waals surface area contributed by atoms with Crippen LogP contribution in [0.5, 0.6) is 5.75 Å². The number of aryl methyl sites for hydroxylation is 2. The first-order valence-corrected chi connectivity index (χ1v) is 14.9. The van der Waals surface area contributed by atoms with Gasteiger partial charge in [-0.3, -0.25) is 10.0 Å². The maximum atomic E-state index is 13.7. The number of nitrogens with one attached hydrogen (secondary N) is 1. The van der Waals surface area contributed by atoms with Crippen LogP contribution in [0.1, 0.15) is 45.1 Å². The fraction of sp³-hybridized carbons (Fsp3) is 0.519. The summed E-state index contributed by atoms with van der Waals surface area (Å²) in [6, 6.07) is 4.59. The van der Waals surface area contributed by atoms with Crippen molar-refractivity contribution in [3.05, 3.63) is 45.5 Å². The molecule has 218 valence electrons. The molecule has 3 aromatic rings. The Hall–Kier alpha value is -3.42. The molecule has 0 unspecified atom stereocenters. The van der Waals surface area contributed by atoms with Crippen LogP contribution >= 0.6 is 0 Å². The molecule has 40 heavy (non-hydrogen) atoms. The second-order valence-electron chi connectivity index (χ2n) is 10.1. The van der Waals surface area contributed by atoms with Crippen molar-refractivity contribution in [1.82, 2.24) is 18.8 Å². The minimum atomic E-state index is -3.90. The van der Waals surface area contributed by atoms with Gasteiger partial charge >= 0.3 is 0 Å². The lowest BCUT2D eigenvalue weighted by Gasteiger charge is -2.33. The Morgan fingerprint density at radius 2 is 2.00 bits per heavy atom. The second-order valence-corrected chi connectivity index (χ2v) is 12.0. The number of aliphatic hydroxyl groups excluding tert-OH is 1. The van der Waals surface area contributed by atoms with Crippen LogP contribution in [-0.4, -0.2) is 76.4 Å². The first-order valence-electron chi connectivity index (χ1n) is 13.5. The highest BCUT2D eigenvalue weighted by molar-refractivity contribution is 7.89. The molecule has 0 amide bonds. The largest absolute Gasteiger partial charge is 0.493 e. The molecule has 13 heteroatoms. The van der Waals surface area contributed by atoms with Gasteiger partial charge in [0.1, 0.15) is 17.1 Å². The number of hydrogen-bond acceptors (Lipinski definition) is 8. The molecule has 1 saturated heterocycles. The van der Waals surface area contributed by atoms with E-state index < -0.39 is 16.1 Å². The molecule has 0 spiro atoms. The van der Waals surface area contributed by atoms with Gasteiger partial charge in [-0.1, -0.05) is 20.3 Å². The van der Waals surface area contributed by atoms with Gasteiger partial charge in [0.25, 0.3) is 5.56 Å². The van der Waals surface area contributed by atoms with Crippen LogP contribution in [0.4, 0.5) is 0 Å². The number of aromatic amines is 1. The number of H-pyrrole nitrogens is 1. The Balaban J connectivity index is 1.67. The molecule has 0 saturated carbocycles. The van der Waals surface area contributed by atoms with Gasteiger partial charge in [0.05, 0.1) is 35.3 Å². The summed E-state index contributed by atoms with van der Waals surface area (Å²) in [7, 11) is -2.10. The van der Waals surface area contributed by atoms with E-state index in [2.05, 4.69) is 18.6 Å². The summed E-state index contributed by atoms with van der Waals surface area (Å²) in [5.41, 5.74) is 2.06. The van der Waals surface area contributed by atoms with Crippen molar-refractivity contribution in [3.63, 3.8) is 0 Å². The predicted molar refractivity (Wildman–Crippen MR) is 151 cm³/mol. The third kappa shape index (κ3) is 6.16. The predicted octanol–water partition coefficient (Wildman–Crippen LogP) is 2.57. The van der Waals surface area contributed by atoms with Crippen LogP contribution in [0.25, 0.3) is 22.4 Å². The van der Waals surface area contributed by atoms with Gasteiger partial charge in [0.15, 0.2) is 6.72 Å². The molecule has 1 fully saturated rings. The lowest BCUT2D eigenvalue weighted by molar-refractivity contribution is -0.737. The van der Waals surface area contributed by atoms with Gasteiger partial charge in [-0.15, -0.1) is 0 Å². The summed E-state index contributed by atoms with van der Waals surface area (Å²) in [6.45, 7) is 7.67. The highest BCUT2D eigenvalue weighted by Gasteiger charge is 2.33. The first-order chi connectivity index (χ1) is 19.1. The van der Waals surface area contributed by atoms with E-state index in [1.165, 1.54) is 16.4 Å². The zero-order chi connectivity index (χ0) is 29.0. The summed E-state index contributed by atoms with van der Waals surface area (Å²) >= 11 is 0. The number of hydrogen-bond donors (Lipinski definition) is 2. The maximum absolute atomic E-state index is 13.7. The molecular weight excluding hydrogens is 538 g/mol. The summed E-state index contributed by atoms with van der Waals surface area (Å²) in [4.78, 5) is 25.5. The van der Waals surface area contributed by atoms with Gasteiger partial charge in [-0.25, -0.2) is 13.4 Å². The zero-order valence-electron chi connectivity index (χ0n) is 23.1. The van der Waals surface area contributed by atoms with Crippen LogP contribution in [0.2, 0.25) is 0 Å². The fourth-order valence-electron chi connectivity index (χ4n) is 5.10. The van der Waals surface area contributed by atoms with E-state index in [-0.39, 0.29) is 46.8 Å². The Labute approximate surface area is 233 Å². The molecule has 1 atom stereocenters. The van der Waals surface area contributed by atoms with Crippen molar-refractivity contribution in [2.45, 2.75) is 57.0 Å². The number of benzene rings is 1. The molecular formula is C27H37N5O7S. The van der Waals surface area contributed by atoms with Gasteiger partial charge in [-0.05, 0) is 55.4 Å². The van der Waals surface area contributed by atoms with E-state index >= 15 is 0 Å². The summed E-state index contributed by atoms with van der Waals surface area (Å²) < 4.78 is 36.4. The third-order valence-electron chi connectivity index (χ3n) is 7.16. The van der Waals surface area contributed by atoms with Crippen molar-refractivity contribution >= 4 is 27.8 Å². The molecule has 2 aromatic heterocycles. The molecule has 0 radical (unpaired) electrons. The van der Waals surface area contributed by atoms with Crippen molar-refractivity contribution in [1.29, 1.82) is 0 Å². The summed E-state index contributed by atoms with van der Waals surface area (Å²) in [5, 5.41) is 21.2. The number of ether oxygens (including phenoxy) is 1. The highest BCUT2D eigenvalue weighted by atomic mass is 32.2. The number of aliphatic hydroxyl groups is 1. The van der Waals surface area contributed by atoms with Crippen molar-refractivity contribution in [3.8, 4) is 17.1 Å². The minimum Gasteiger partial charge on any atom is -0.493 e. The number of aromatic nitrogens is 3. The first kappa shape index (κ1) is 29.6. The van der Waals surface area contributed by atoms with E-state index in [4.69, 9.17) is 14.6 Å². The smallest absolute Gasteiger partial charge is 0.275 e. The van der Waals surface area contributed by atoms with E-state index in [9.17, 15) is 23.5 Å². The Morgan fingerprint density at radius 1 is 1.27 bits per heavy atom. The van der Waals surface area contributed by atoms with Gasteiger partial charge in [0.2, 0.25) is 10.0 Å². The average molecular weight is 576 g/mol. The molecule has 0 bridgehead atoms. The monoisotopic (exact) mass is 575 g/mol. The lowest BCUT2D eigenvalue weighted by atomic mass is 9.93. The second kappa shape index (κ2) is 12.4. The number of nitrogens with zero attached hydrogens (tertiary/aromatic N) is 4. The average Bonchev–Trinajstić information content (AvgIpc) is 3.25. The van der Waals surface area contributed by atoms with E-state index in [0.29, 0.717) is 41.8 Å². The van der Waals surface area contributed by atoms with Gasteiger partial charge in [-0.2, -0.15) is 4.31 Å².